The van der Waals surface area contributed by atoms with E-state index in [1.54, 1.807) is 19.2 Å². The highest BCUT2D eigenvalue weighted by Crippen LogP contribution is 2.37. The Kier molecular flexibility index (Phi) is 8.90. The van der Waals surface area contributed by atoms with Crippen molar-refractivity contribution in [2.75, 3.05) is 44.2 Å². The van der Waals surface area contributed by atoms with Crippen LogP contribution in [0.1, 0.15) is 51.3 Å². The fourth-order valence-electron chi connectivity index (χ4n) is 5.49. The molecule has 224 valence electrons. The molecule has 2 aromatic heterocycles. The number of Topliss-reactive ketones (excluding diaryl/α,β-unsaturated/α-hetero) is 1. The number of likely N-dealkylation sites (tertiary alicyclic amines) is 1. The molecule has 1 aromatic carbocycles. The maximum Gasteiger partial charge on any atom is 0.416 e. The molecule has 13 heteroatoms. The highest BCUT2D eigenvalue weighted by Gasteiger charge is 2.32. The van der Waals surface area contributed by atoms with E-state index in [0.717, 1.165) is 36.4 Å². The lowest BCUT2D eigenvalue weighted by molar-refractivity contribution is -0.139. The van der Waals surface area contributed by atoms with Crippen LogP contribution in [-0.4, -0.2) is 86.9 Å². The van der Waals surface area contributed by atoms with Crippen LogP contribution in [0.15, 0.2) is 30.6 Å². The van der Waals surface area contributed by atoms with Gasteiger partial charge in [0.25, 0.3) is 0 Å². The predicted molar refractivity (Wildman–Crippen MR) is 153 cm³/mol. The first-order chi connectivity index (χ1) is 20.0. The molecule has 0 aliphatic carbocycles. The Balaban J connectivity index is 1.34. The van der Waals surface area contributed by atoms with Gasteiger partial charge in [0.05, 0.1) is 36.6 Å². The summed E-state index contributed by atoms with van der Waals surface area (Å²) in [6, 6.07) is 4.33. The number of halogens is 3. The number of carbonyl (C=O) groups excluding carboxylic acids is 1. The molecule has 0 bridgehead atoms. The quantitative estimate of drug-likeness (QED) is 0.354. The van der Waals surface area contributed by atoms with E-state index in [4.69, 9.17) is 10.1 Å². The largest absolute Gasteiger partial charge is 0.480 e. The summed E-state index contributed by atoms with van der Waals surface area (Å²) in [5.74, 6) is -0.525. The summed E-state index contributed by atoms with van der Waals surface area (Å²) < 4.78 is 40.8. The molecule has 2 aliphatic heterocycles. The van der Waals surface area contributed by atoms with Gasteiger partial charge >= 0.3 is 12.1 Å². The molecule has 2 aliphatic rings. The molecular weight excluding hydrogens is 569 g/mol. The summed E-state index contributed by atoms with van der Waals surface area (Å²) in [5, 5.41) is 9.50. The molecule has 0 spiro atoms. The molecule has 2 fully saturated rings. The molecule has 42 heavy (non-hydrogen) atoms. The number of alkyl halides is 3. The second-order valence-corrected chi connectivity index (χ2v) is 12.1. The summed E-state index contributed by atoms with van der Waals surface area (Å²) in [6.45, 7) is 7.63. The number of carboxylic acids is 1. The van der Waals surface area contributed by atoms with Crippen LogP contribution in [0, 0.1) is 6.92 Å². The van der Waals surface area contributed by atoms with Gasteiger partial charge in [0.1, 0.15) is 16.5 Å². The number of ketones is 1. The average molecular weight is 603 g/mol. The van der Waals surface area contributed by atoms with Gasteiger partial charge in [-0.25, -0.2) is 15.0 Å². The van der Waals surface area contributed by atoms with Crippen LogP contribution in [0.3, 0.4) is 0 Å². The third-order valence-corrected chi connectivity index (χ3v) is 8.79. The summed E-state index contributed by atoms with van der Waals surface area (Å²) in [5.41, 5.74) is 0.836. The molecule has 9 nitrogen and oxygen atoms in total. The number of carboxylic acid groups (broad SMARTS) is 1. The first-order valence-electron chi connectivity index (χ1n) is 13.9. The number of piperazine rings is 1. The number of carbonyl (C=O) groups is 2. The molecule has 4 heterocycles. The van der Waals surface area contributed by atoms with Crippen LogP contribution < -0.4 is 4.90 Å². The first kappa shape index (κ1) is 30.1. The smallest absolute Gasteiger partial charge is 0.416 e. The number of benzene rings is 1. The molecule has 5 rings (SSSR count). The van der Waals surface area contributed by atoms with Crippen LogP contribution in [0.2, 0.25) is 0 Å². The van der Waals surface area contributed by atoms with E-state index >= 15 is 0 Å². The van der Waals surface area contributed by atoms with Crippen molar-refractivity contribution < 1.29 is 27.9 Å². The molecule has 0 amide bonds. The molecule has 1 N–H and O–H groups in total. The number of aryl methyl sites for hydroxylation is 1. The van der Waals surface area contributed by atoms with Gasteiger partial charge in [-0.05, 0) is 57.0 Å². The third kappa shape index (κ3) is 7.13. The van der Waals surface area contributed by atoms with Gasteiger partial charge in [-0.3, -0.25) is 19.4 Å². The number of nitrogens with zero attached hydrogens (tertiary/aromatic N) is 6. The molecule has 2 saturated heterocycles. The van der Waals surface area contributed by atoms with Crippen molar-refractivity contribution in [1.29, 1.82) is 0 Å². The Labute approximate surface area is 246 Å². The zero-order valence-electron chi connectivity index (χ0n) is 23.5. The van der Waals surface area contributed by atoms with Crippen molar-refractivity contribution in [3.8, 4) is 11.3 Å². The maximum absolute atomic E-state index is 13.6. The van der Waals surface area contributed by atoms with E-state index in [0.29, 0.717) is 66.4 Å². The maximum atomic E-state index is 13.6. The van der Waals surface area contributed by atoms with Crippen molar-refractivity contribution in [2.24, 2.45) is 0 Å². The van der Waals surface area contributed by atoms with Crippen LogP contribution >= 0.6 is 11.3 Å². The summed E-state index contributed by atoms with van der Waals surface area (Å²) >= 11 is 1.36. The van der Waals surface area contributed by atoms with Crippen LogP contribution in [-0.2, 0) is 23.9 Å². The molecule has 1 atom stereocenters. The van der Waals surface area contributed by atoms with Crippen molar-refractivity contribution in [1.82, 2.24) is 24.8 Å². The number of aliphatic carboxylic acids is 1. The number of hydrogen-bond acceptors (Lipinski definition) is 9. The predicted octanol–water partition coefficient (Wildman–Crippen LogP) is 4.54. The Morgan fingerprint density at radius 3 is 2.45 bits per heavy atom. The lowest BCUT2D eigenvalue weighted by Crippen LogP contribution is -2.48. The minimum Gasteiger partial charge on any atom is -0.480 e. The highest BCUT2D eigenvalue weighted by atomic mass is 32.1. The first-order valence-corrected chi connectivity index (χ1v) is 14.7. The normalized spacial score (nSPS) is 18.5. The van der Waals surface area contributed by atoms with Crippen LogP contribution in [0.4, 0.5) is 19.0 Å². The molecule has 0 unspecified atom stereocenters. The fraction of sp³-hybridized carbons (Fsp3) is 0.483. The molecule has 0 saturated carbocycles. The topological polar surface area (TPSA) is 103 Å². The summed E-state index contributed by atoms with van der Waals surface area (Å²) in [6.07, 6.45) is 0.589. The Bertz CT molecular complexity index is 1440. The Hall–Kier alpha value is -3.42. The fourth-order valence-corrected chi connectivity index (χ4v) is 6.60. The third-order valence-electron chi connectivity index (χ3n) is 7.75. The van der Waals surface area contributed by atoms with E-state index in [1.807, 2.05) is 9.80 Å². The van der Waals surface area contributed by atoms with Gasteiger partial charge < -0.3 is 10.0 Å². The van der Waals surface area contributed by atoms with E-state index in [1.165, 1.54) is 17.5 Å². The minimum atomic E-state index is -4.48. The van der Waals surface area contributed by atoms with Crippen molar-refractivity contribution >= 4 is 28.9 Å². The second-order valence-electron chi connectivity index (χ2n) is 10.9. The number of aromatic nitrogens is 3. The van der Waals surface area contributed by atoms with E-state index < -0.39 is 17.7 Å². The van der Waals surface area contributed by atoms with Gasteiger partial charge in [0.15, 0.2) is 5.78 Å². The monoisotopic (exact) mass is 602 g/mol. The number of anilines is 1. The van der Waals surface area contributed by atoms with Crippen LogP contribution in [0.5, 0.6) is 0 Å². The number of rotatable bonds is 9. The Morgan fingerprint density at radius 1 is 1.07 bits per heavy atom. The summed E-state index contributed by atoms with van der Waals surface area (Å²) in [7, 11) is 0. The zero-order valence-corrected chi connectivity index (χ0v) is 24.3. The number of hydrogen-bond donors (Lipinski definition) is 1. The highest BCUT2D eigenvalue weighted by molar-refractivity contribution is 7.12. The van der Waals surface area contributed by atoms with Gasteiger partial charge in [-0.15, -0.1) is 11.3 Å². The SMILES string of the molecule is Cc1cc(-c2nc(CC(=O)c3cnc(N4CCN(CC(=O)O)CC4)cn3)sc2CN2CCC[C@H]2C)cc(C(F)(F)F)c1. The van der Waals surface area contributed by atoms with Gasteiger partial charge in [-0.1, -0.05) is 0 Å². The van der Waals surface area contributed by atoms with E-state index in [2.05, 4.69) is 21.8 Å². The molecule has 3 aromatic rings. The van der Waals surface area contributed by atoms with Crippen molar-refractivity contribution in [2.45, 2.75) is 51.9 Å². The lowest BCUT2D eigenvalue weighted by Gasteiger charge is -2.34. The van der Waals surface area contributed by atoms with E-state index in [-0.39, 0.29) is 24.4 Å². The molecule has 0 radical (unpaired) electrons. The van der Waals surface area contributed by atoms with Crippen molar-refractivity contribution in [3.05, 3.63) is 57.3 Å². The second kappa shape index (κ2) is 12.4. The van der Waals surface area contributed by atoms with E-state index in [9.17, 15) is 22.8 Å². The lowest BCUT2D eigenvalue weighted by atomic mass is 10.0. The minimum absolute atomic E-state index is 0.00241. The standard InChI is InChI=1S/C29H33F3N6O3S/c1-18-10-20(12-21(11-18)29(30,31)32)28-24(16-38-5-3-4-19(38)2)42-26(35-28)13-23(39)22-14-34-25(15-33-22)37-8-6-36(7-9-37)17-27(40)41/h10-12,14-15,19H,3-9,13,16-17H2,1-2H3,(H,40,41)/t19-/m1/s1. The molecular formula is C29H33F3N6O3S. The van der Waals surface area contributed by atoms with Gasteiger partial charge in [0.2, 0.25) is 0 Å². The van der Waals surface area contributed by atoms with Gasteiger partial charge in [-0.2, -0.15) is 13.2 Å². The summed E-state index contributed by atoms with van der Waals surface area (Å²) in [4.78, 5) is 44.5. The van der Waals surface area contributed by atoms with Crippen LogP contribution in [0.25, 0.3) is 11.3 Å². The number of thiazole rings is 1. The zero-order chi connectivity index (χ0) is 30.0. The van der Waals surface area contributed by atoms with Gasteiger partial charge in [0, 0.05) is 49.2 Å². The average Bonchev–Trinajstić information content (AvgIpc) is 3.53. The van der Waals surface area contributed by atoms with Crippen molar-refractivity contribution in [3.63, 3.8) is 0 Å². The Morgan fingerprint density at radius 2 is 1.83 bits per heavy atom.